The van der Waals surface area contributed by atoms with Gasteiger partial charge in [0.05, 0.1) is 5.41 Å². The molecule has 1 aliphatic heterocycles. The Labute approximate surface area is 124 Å². The molecule has 4 N–H and O–H groups in total. The Hall–Kier alpha value is -1.63. The molecule has 0 saturated carbocycles. The number of carbonyl (C=O) groups is 3. The molecule has 1 heterocycles. The predicted octanol–water partition coefficient (Wildman–Crippen LogP) is 0.591. The molecule has 1 fully saturated rings. The maximum Gasteiger partial charge on any atom is 0.326 e. The summed E-state index contributed by atoms with van der Waals surface area (Å²) in [6.45, 7) is 3.43. The van der Waals surface area contributed by atoms with Crippen molar-refractivity contribution in [3.8, 4) is 0 Å². The standard InChI is InChI=1S/C14H24N2O5/c1-2-14(6-8-15-9-7-14)13(21)16-10(12(19)20)4-3-5-11(17)18/h10,15H,2-9H2,1H3,(H,16,21)(H,17,18)(H,19,20)/t10-/m1/s1. The molecular weight excluding hydrogens is 276 g/mol. The van der Waals surface area contributed by atoms with Crippen molar-refractivity contribution in [2.24, 2.45) is 5.41 Å². The maximum atomic E-state index is 12.4. The Morgan fingerprint density at radius 2 is 1.86 bits per heavy atom. The van der Waals surface area contributed by atoms with E-state index in [1.54, 1.807) is 0 Å². The van der Waals surface area contributed by atoms with Crippen LogP contribution in [-0.2, 0) is 14.4 Å². The van der Waals surface area contributed by atoms with Crippen molar-refractivity contribution in [1.29, 1.82) is 0 Å². The van der Waals surface area contributed by atoms with E-state index in [0.29, 0.717) is 19.3 Å². The molecule has 1 aliphatic rings. The Kier molecular flexibility index (Phi) is 6.61. The van der Waals surface area contributed by atoms with E-state index in [1.807, 2.05) is 6.92 Å². The zero-order valence-electron chi connectivity index (χ0n) is 12.4. The van der Waals surface area contributed by atoms with Gasteiger partial charge in [0.25, 0.3) is 0 Å². The van der Waals surface area contributed by atoms with Crippen LogP contribution in [0, 0.1) is 5.41 Å². The van der Waals surface area contributed by atoms with Gasteiger partial charge in [-0.25, -0.2) is 4.79 Å². The number of rotatable bonds is 8. The Balaban J connectivity index is 2.62. The molecule has 0 spiro atoms. The van der Waals surface area contributed by atoms with E-state index in [4.69, 9.17) is 10.2 Å². The first-order valence-electron chi connectivity index (χ1n) is 7.37. The molecule has 0 aliphatic carbocycles. The van der Waals surface area contributed by atoms with Gasteiger partial charge in [-0.15, -0.1) is 0 Å². The van der Waals surface area contributed by atoms with Gasteiger partial charge in [-0.3, -0.25) is 9.59 Å². The van der Waals surface area contributed by atoms with Crippen molar-refractivity contribution in [3.05, 3.63) is 0 Å². The first kappa shape index (κ1) is 17.4. The van der Waals surface area contributed by atoms with Gasteiger partial charge in [0.1, 0.15) is 6.04 Å². The molecule has 0 aromatic carbocycles. The monoisotopic (exact) mass is 300 g/mol. The Morgan fingerprint density at radius 1 is 1.24 bits per heavy atom. The predicted molar refractivity (Wildman–Crippen MR) is 75.9 cm³/mol. The van der Waals surface area contributed by atoms with Crippen LogP contribution in [0.1, 0.15) is 45.4 Å². The average Bonchev–Trinajstić information content (AvgIpc) is 2.46. The lowest BCUT2D eigenvalue weighted by Crippen LogP contribution is -2.51. The summed E-state index contributed by atoms with van der Waals surface area (Å²) in [7, 11) is 0. The molecule has 0 bridgehead atoms. The van der Waals surface area contributed by atoms with Crippen LogP contribution in [-0.4, -0.2) is 47.2 Å². The van der Waals surface area contributed by atoms with E-state index in [1.165, 1.54) is 0 Å². The first-order chi connectivity index (χ1) is 9.91. The van der Waals surface area contributed by atoms with E-state index in [0.717, 1.165) is 13.1 Å². The highest BCUT2D eigenvalue weighted by Crippen LogP contribution is 2.32. The third-order valence-electron chi connectivity index (χ3n) is 4.21. The number of amides is 1. The third-order valence-corrected chi connectivity index (χ3v) is 4.21. The summed E-state index contributed by atoms with van der Waals surface area (Å²) in [6.07, 6.45) is 2.32. The van der Waals surface area contributed by atoms with E-state index < -0.39 is 23.4 Å². The number of piperidine rings is 1. The zero-order valence-corrected chi connectivity index (χ0v) is 12.4. The number of aliphatic carboxylic acids is 2. The van der Waals surface area contributed by atoms with E-state index in [9.17, 15) is 14.4 Å². The van der Waals surface area contributed by atoms with Crippen LogP contribution in [0.5, 0.6) is 0 Å². The van der Waals surface area contributed by atoms with Crippen LogP contribution < -0.4 is 10.6 Å². The van der Waals surface area contributed by atoms with Crippen LogP contribution in [0.25, 0.3) is 0 Å². The third kappa shape index (κ3) is 5.00. The Bertz CT molecular complexity index is 391. The number of hydrogen-bond acceptors (Lipinski definition) is 4. The minimum absolute atomic E-state index is 0.0948. The lowest BCUT2D eigenvalue weighted by Gasteiger charge is -2.36. The molecule has 120 valence electrons. The lowest BCUT2D eigenvalue weighted by molar-refractivity contribution is -0.145. The topological polar surface area (TPSA) is 116 Å². The minimum Gasteiger partial charge on any atom is -0.481 e. The van der Waals surface area contributed by atoms with Gasteiger partial charge in [-0.2, -0.15) is 0 Å². The second-order valence-electron chi connectivity index (χ2n) is 5.53. The van der Waals surface area contributed by atoms with Crippen LogP contribution in [0.2, 0.25) is 0 Å². The van der Waals surface area contributed by atoms with Crippen LogP contribution in [0.15, 0.2) is 0 Å². The number of carboxylic acid groups (broad SMARTS) is 2. The summed E-state index contributed by atoms with van der Waals surface area (Å²) in [6, 6.07) is -1.02. The summed E-state index contributed by atoms with van der Waals surface area (Å²) < 4.78 is 0. The van der Waals surface area contributed by atoms with Crippen LogP contribution >= 0.6 is 0 Å². The molecule has 7 nitrogen and oxygen atoms in total. The van der Waals surface area contributed by atoms with Gasteiger partial charge in [-0.1, -0.05) is 6.92 Å². The normalized spacial score (nSPS) is 18.7. The van der Waals surface area contributed by atoms with Crippen molar-refractivity contribution in [1.82, 2.24) is 10.6 Å². The molecule has 7 heteroatoms. The molecule has 0 radical (unpaired) electrons. The number of hydrogen-bond donors (Lipinski definition) is 4. The highest BCUT2D eigenvalue weighted by molar-refractivity contribution is 5.87. The van der Waals surface area contributed by atoms with Gasteiger partial charge < -0.3 is 20.8 Å². The zero-order chi connectivity index (χ0) is 15.9. The molecule has 21 heavy (non-hydrogen) atoms. The average molecular weight is 300 g/mol. The van der Waals surface area contributed by atoms with Gasteiger partial charge in [-0.05, 0) is 45.2 Å². The number of carbonyl (C=O) groups excluding carboxylic acids is 1. The number of nitrogens with one attached hydrogen (secondary N) is 2. The van der Waals surface area contributed by atoms with E-state index in [2.05, 4.69) is 10.6 Å². The summed E-state index contributed by atoms with van der Waals surface area (Å²) >= 11 is 0. The lowest BCUT2D eigenvalue weighted by atomic mass is 9.75. The van der Waals surface area contributed by atoms with E-state index >= 15 is 0 Å². The highest BCUT2D eigenvalue weighted by atomic mass is 16.4. The van der Waals surface area contributed by atoms with Gasteiger partial charge in [0.2, 0.25) is 5.91 Å². The van der Waals surface area contributed by atoms with E-state index in [-0.39, 0.29) is 25.2 Å². The SMILES string of the molecule is CCC1(C(=O)N[C@H](CCCC(=O)O)C(=O)O)CCNCC1. The molecule has 1 rings (SSSR count). The molecule has 0 unspecified atom stereocenters. The maximum absolute atomic E-state index is 12.4. The Morgan fingerprint density at radius 3 is 2.33 bits per heavy atom. The largest absolute Gasteiger partial charge is 0.481 e. The summed E-state index contributed by atoms with van der Waals surface area (Å²) in [5.74, 6) is -2.31. The summed E-state index contributed by atoms with van der Waals surface area (Å²) in [5.41, 5.74) is -0.508. The fraction of sp³-hybridized carbons (Fsp3) is 0.786. The van der Waals surface area contributed by atoms with Crippen molar-refractivity contribution < 1.29 is 24.6 Å². The van der Waals surface area contributed by atoms with Crippen molar-refractivity contribution in [2.45, 2.75) is 51.5 Å². The van der Waals surface area contributed by atoms with Crippen molar-refractivity contribution in [2.75, 3.05) is 13.1 Å². The fourth-order valence-electron chi connectivity index (χ4n) is 2.67. The van der Waals surface area contributed by atoms with Gasteiger partial charge in [0.15, 0.2) is 0 Å². The van der Waals surface area contributed by atoms with Crippen molar-refractivity contribution >= 4 is 17.8 Å². The van der Waals surface area contributed by atoms with Gasteiger partial charge >= 0.3 is 11.9 Å². The molecule has 1 amide bonds. The molecular formula is C14H24N2O5. The fourth-order valence-corrected chi connectivity index (χ4v) is 2.67. The van der Waals surface area contributed by atoms with Crippen LogP contribution in [0.3, 0.4) is 0 Å². The molecule has 1 saturated heterocycles. The van der Waals surface area contributed by atoms with Gasteiger partial charge in [0, 0.05) is 6.42 Å². The summed E-state index contributed by atoms with van der Waals surface area (Å²) in [4.78, 5) is 34.1. The number of carboxylic acids is 2. The molecule has 0 aromatic rings. The van der Waals surface area contributed by atoms with Crippen LogP contribution in [0.4, 0.5) is 0 Å². The smallest absolute Gasteiger partial charge is 0.326 e. The quantitative estimate of drug-likeness (QED) is 0.521. The second-order valence-corrected chi connectivity index (χ2v) is 5.53. The highest BCUT2D eigenvalue weighted by Gasteiger charge is 2.39. The minimum atomic E-state index is -1.12. The first-order valence-corrected chi connectivity index (χ1v) is 7.37. The van der Waals surface area contributed by atoms with Crippen molar-refractivity contribution in [3.63, 3.8) is 0 Å². The second kappa shape index (κ2) is 7.97. The summed E-state index contributed by atoms with van der Waals surface area (Å²) in [5, 5.41) is 23.5. The molecule has 1 atom stereocenters. The molecule has 0 aromatic heterocycles.